The summed E-state index contributed by atoms with van der Waals surface area (Å²) >= 11 is 0. The van der Waals surface area contributed by atoms with Gasteiger partial charge in [0.15, 0.2) is 0 Å². The van der Waals surface area contributed by atoms with Crippen LogP contribution < -0.4 is 10.0 Å². The van der Waals surface area contributed by atoms with Gasteiger partial charge in [0.05, 0.1) is 5.52 Å². The Kier molecular flexibility index (Phi) is 4.46. The van der Waals surface area contributed by atoms with E-state index >= 15 is 0 Å². The van der Waals surface area contributed by atoms with E-state index in [1.54, 1.807) is 0 Å². The summed E-state index contributed by atoms with van der Waals surface area (Å²) in [5, 5.41) is 6.28. The lowest BCUT2D eigenvalue weighted by Gasteiger charge is -2.24. The molecule has 0 unspecified atom stereocenters. The number of hydrogen-bond acceptors (Lipinski definition) is 5. The van der Waals surface area contributed by atoms with Gasteiger partial charge in [-0.05, 0) is 50.5 Å². The third-order valence-electron chi connectivity index (χ3n) is 4.52. The van der Waals surface area contributed by atoms with Gasteiger partial charge in [-0.2, -0.15) is 12.7 Å². The van der Waals surface area contributed by atoms with Crippen LogP contribution in [0.1, 0.15) is 23.4 Å². The molecule has 0 radical (unpaired) electrons. The van der Waals surface area contributed by atoms with Crippen LogP contribution in [0.4, 0.5) is 5.82 Å². The molecule has 2 heterocycles. The Morgan fingerprint density at radius 3 is 2.42 bits per heavy atom. The maximum absolute atomic E-state index is 11.6. The molecule has 24 heavy (non-hydrogen) atoms. The second-order valence-corrected chi connectivity index (χ2v) is 7.88. The van der Waals surface area contributed by atoms with E-state index in [2.05, 4.69) is 40.8 Å². The summed E-state index contributed by atoms with van der Waals surface area (Å²) in [6.45, 7) is 8.14. The number of fused-ring (bicyclic) bond motifs is 1. The lowest BCUT2D eigenvalue weighted by Crippen LogP contribution is -2.39. The number of aromatic nitrogens is 2. The van der Waals surface area contributed by atoms with Gasteiger partial charge in [0.2, 0.25) is 0 Å². The first-order valence-corrected chi connectivity index (χ1v) is 9.54. The third-order valence-corrected chi connectivity index (χ3v) is 5.60. The van der Waals surface area contributed by atoms with Crippen LogP contribution >= 0.6 is 0 Å². The van der Waals surface area contributed by atoms with Gasteiger partial charge < -0.3 is 4.90 Å². The Balaban J connectivity index is 2.01. The molecule has 0 spiro atoms. The van der Waals surface area contributed by atoms with Crippen molar-refractivity contribution in [2.24, 2.45) is 5.14 Å². The Morgan fingerprint density at radius 1 is 1.00 bits per heavy atom. The highest BCUT2D eigenvalue weighted by Crippen LogP contribution is 2.27. The molecule has 3 rings (SSSR count). The van der Waals surface area contributed by atoms with Crippen molar-refractivity contribution in [3.05, 3.63) is 29.1 Å². The molecule has 1 aliphatic heterocycles. The lowest BCUT2D eigenvalue weighted by molar-refractivity contribution is 0.434. The lowest BCUT2D eigenvalue weighted by atomic mass is 10.1. The molecule has 1 aromatic carbocycles. The second-order valence-electron chi connectivity index (χ2n) is 6.33. The zero-order valence-electron chi connectivity index (χ0n) is 14.3. The molecular weight excluding hydrogens is 326 g/mol. The van der Waals surface area contributed by atoms with Gasteiger partial charge >= 0.3 is 0 Å². The third kappa shape index (κ3) is 3.35. The van der Waals surface area contributed by atoms with E-state index in [9.17, 15) is 8.42 Å². The van der Waals surface area contributed by atoms with Gasteiger partial charge in [-0.25, -0.2) is 15.1 Å². The molecule has 2 aromatic rings. The van der Waals surface area contributed by atoms with Crippen LogP contribution in [0.15, 0.2) is 12.1 Å². The number of nitrogens with two attached hydrogens (primary N) is 1. The fourth-order valence-corrected chi connectivity index (χ4v) is 3.81. The molecule has 7 nitrogen and oxygen atoms in total. The molecule has 1 fully saturated rings. The van der Waals surface area contributed by atoms with E-state index in [1.807, 2.05) is 6.92 Å². The van der Waals surface area contributed by atoms with Gasteiger partial charge in [-0.1, -0.05) is 0 Å². The zero-order valence-corrected chi connectivity index (χ0v) is 15.1. The molecule has 2 N–H and O–H groups in total. The summed E-state index contributed by atoms with van der Waals surface area (Å²) in [4.78, 5) is 11.3. The fourth-order valence-electron chi connectivity index (χ4n) is 3.09. The average Bonchev–Trinajstić information content (AvgIpc) is 2.74. The molecule has 0 bridgehead atoms. The van der Waals surface area contributed by atoms with Crippen molar-refractivity contribution in [2.45, 2.75) is 27.2 Å². The predicted octanol–water partition coefficient (Wildman–Crippen LogP) is 1.27. The summed E-state index contributed by atoms with van der Waals surface area (Å²) in [7, 11) is -3.64. The SMILES string of the molecule is Cc1nc(N2CCCN(S(N)(=O)=O)CC2)c2cc(C)c(C)cc2n1. The maximum Gasteiger partial charge on any atom is 0.276 e. The molecule has 0 atom stereocenters. The fraction of sp³-hybridized carbons (Fsp3) is 0.500. The second kappa shape index (κ2) is 6.27. The summed E-state index contributed by atoms with van der Waals surface area (Å²) in [6.07, 6.45) is 0.714. The first-order chi connectivity index (χ1) is 11.3. The average molecular weight is 349 g/mol. The van der Waals surface area contributed by atoms with Crippen LogP contribution in [0.5, 0.6) is 0 Å². The van der Waals surface area contributed by atoms with Gasteiger partial charge in [-0.3, -0.25) is 0 Å². The molecule has 8 heteroatoms. The summed E-state index contributed by atoms with van der Waals surface area (Å²) in [5.74, 6) is 1.59. The Labute approximate surface area is 142 Å². The Hall–Kier alpha value is -1.77. The van der Waals surface area contributed by atoms with E-state index in [1.165, 1.54) is 15.4 Å². The molecule has 1 saturated heterocycles. The largest absolute Gasteiger partial charge is 0.355 e. The Morgan fingerprint density at radius 2 is 1.71 bits per heavy atom. The van der Waals surface area contributed by atoms with E-state index in [0.717, 1.165) is 23.3 Å². The molecule has 0 amide bonds. The molecule has 1 aliphatic rings. The quantitative estimate of drug-likeness (QED) is 0.881. The van der Waals surface area contributed by atoms with E-state index in [4.69, 9.17) is 5.14 Å². The number of hydrogen-bond donors (Lipinski definition) is 1. The highest BCUT2D eigenvalue weighted by Gasteiger charge is 2.23. The van der Waals surface area contributed by atoms with Crippen LogP contribution in [0.25, 0.3) is 10.9 Å². The smallest absolute Gasteiger partial charge is 0.276 e. The minimum atomic E-state index is -3.64. The number of aryl methyl sites for hydroxylation is 3. The standard InChI is InChI=1S/C16H23N5O2S/c1-11-9-14-15(10-12(11)2)18-13(3)19-16(14)20-5-4-6-21(8-7-20)24(17,22)23/h9-10H,4-8H2,1-3H3,(H2,17,22,23). The van der Waals surface area contributed by atoms with Crippen LogP contribution in [-0.2, 0) is 10.2 Å². The molecule has 0 aliphatic carbocycles. The van der Waals surface area contributed by atoms with Crippen molar-refractivity contribution in [1.29, 1.82) is 0 Å². The van der Waals surface area contributed by atoms with Crippen LogP contribution in [0.3, 0.4) is 0 Å². The van der Waals surface area contributed by atoms with Crippen molar-refractivity contribution < 1.29 is 8.42 Å². The van der Waals surface area contributed by atoms with Crippen LogP contribution in [0.2, 0.25) is 0 Å². The number of anilines is 1. The molecule has 130 valence electrons. The summed E-state index contributed by atoms with van der Waals surface area (Å²) < 4.78 is 24.5. The van der Waals surface area contributed by atoms with E-state index in [0.29, 0.717) is 31.9 Å². The van der Waals surface area contributed by atoms with Crippen molar-refractivity contribution in [2.75, 3.05) is 31.1 Å². The van der Waals surface area contributed by atoms with Crippen LogP contribution in [0, 0.1) is 20.8 Å². The minimum Gasteiger partial charge on any atom is -0.355 e. The van der Waals surface area contributed by atoms with Crippen molar-refractivity contribution >= 4 is 26.9 Å². The zero-order chi connectivity index (χ0) is 17.5. The topological polar surface area (TPSA) is 92.4 Å². The van der Waals surface area contributed by atoms with Crippen molar-refractivity contribution in [3.63, 3.8) is 0 Å². The number of nitrogens with zero attached hydrogens (tertiary/aromatic N) is 4. The van der Waals surface area contributed by atoms with Gasteiger partial charge in [0.25, 0.3) is 10.2 Å². The van der Waals surface area contributed by atoms with Gasteiger partial charge in [-0.15, -0.1) is 0 Å². The molecular formula is C16H23N5O2S. The van der Waals surface area contributed by atoms with E-state index < -0.39 is 10.2 Å². The van der Waals surface area contributed by atoms with Crippen molar-refractivity contribution in [3.8, 4) is 0 Å². The number of rotatable bonds is 2. The van der Waals surface area contributed by atoms with Crippen molar-refractivity contribution in [1.82, 2.24) is 14.3 Å². The normalized spacial score (nSPS) is 17.2. The highest BCUT2D eigenvalue weighted by atomic mass is 32.2. The maximum atomic E-state index is 11.6. The highest BCUT2D eigenvalue weighted by molar-refractivity contribution is 7.86. The van der Waals surface area contributed by atoms with Crippen LogP contribution in [-0.4, -0.2) is 48.9 Å². The summed E-state index contributed by atoms with van der Waals surface area (Å²) in [6, 6.07) is 4.19. The first-order valence-electron chi connectivity index (χ1n) is 8.04. The Bertz CT molecular complexity index is 882. The summed E-state index contributed by atoms with van der Waals surface area (Å²) in [5.41, 5.74) is 3.31. The predicted molar refractivity (Wildman–Crippen MR) is 95.3 cm³/mol. The molecule has 1 aromatic heterocycles. The number of benzene rings is 1. The monoisotopic (exact) mass is 349 g/mol. The van der Waals surface area contributed by atoms with Gasteiger partial charge in [0, 0.05) is 31.6 Å². The first kappa shape index (κ1) is 17.1. The van der Waals surface area contributed by atoms with E-state index in [-0.39, 0.29) is 0 Å². The van der Waals surface area contributed by atoms with Gasteiger partial charge in [0.1, 0.15) is 11.6 Å². The minimum absolute atomic E-state index is 0.369. The molecule has 0 saturated carbocycles.